The lowest BCUT2D eigenvalue weighted by Gasteiger charge is -1.90. The summed E-state index contributed by atoms with van der Waals surface area (Å²) in [7, 11) is 0. The van der Waals surface area contributed by atoms with Crippen molar-refractivity contribution in [3.8, 4) is 0 Å². The lowest BCUT2D eigenvalue weighted by atomic mass is 10.2. The summed E-state index contributed by atoms with van der Waals surface area (Å²) in [4.78, 5) is 10.4. The zero-order valence-electron chi connectivity index (χ0n) is 6.79. The Hall–Kier alpha value is -1.31. The molecule has 0 aliphatic rings. The molecule has 0 fully saturated rings. The van der Waals surface area contributed by atoms with Crippen molar-refractivity contribution in [1.29, 1.82) is 0 Å². The van der Waals surface area contributed by atoms with Crippen molar-refractivity contribution >= 4 is 5.97 Å². The van der Waals surface area contributed by atoms with Crippen molar-refractivity contribution in [3.63, 3.8) is 0 Å². The van der Waals surface area contributed by atoms with Gasteiger partial charge >= 0.3 is 5.97 Å². The van der Waals surface area contributed by atoms with E-state index >= 15 is 0 Å². The van der Waals surface area contributed by atoms with Crippen molar-refractivity contribution in [2.45, 2.75) is 13.8 Å². The van der Waals surface area contributed by atoms with E-state index in [4.69, 9.17) is 5.11 Å². The van der Waals surface area contributed by atoms with Crippen LogP contribution in [-0.4, -0.2) is 11.1 Å². The van der Waals surface area contributed by atoms with Crippen LogP contribution in [0.5, 0.6) is 0 Å². The van der Waals surface area contributed by atoms with E-state index in [0.717, 1.165) is 5.57 Å². The smallest absolute Gasteiger partial charge is 0.335 e. The Bertz CT molecular complexity index is 218. The Morgan fingerprint density at radius 2 is 1.91 bits per heavy atom. The second kappa shape index (κ2) is 4.50. The largest absolute Gasteiger partial charge is 0.478 e. The molecule has 0 aromatic heterocycles. The van der Waals surface area contributed by atoms with Crippen LogP contribution in [-0.2, 0) is 4.79 Å². The zero-order chi connectivity index (χ0) is 8.85. The molecule has 0 heterocycles. The van der Waals surface area contributed by atoms with Gasteiger partial charge in [-0.1, -0.05) is 24.3 Å². The van der Waals surface area contributed by atoms with Gasteiger partial charge in [-0.3, -0.25) is 0 Å². The number of carbonyl (C=O) groups is 1. The van der Waals surface area contributed by atoms with Gasteiger partial charge in [0, 0.05) is 0 Å². The Morgan fingerprint density at radius 1 is 1.36 bits per heavy atom. The van der Waals surface area contributed by atoms with Gasteiger partial charge in [-0.2, -0.15) is 0 Å². The molecule has 0 bridgehead atoms. The first kappa shape index (κ1) is 9.69. The molecule has 0 aliphatic heterocycles. The molecule has 60 valence electrons. The molecule has 11 heavy (non-hydrogen) atoms. The van der Waals surface area contributed by atoms with Gasteiger partial charge in [0.15, 0.2) is 0 Å². The number of hydrogen-bond acceptors (Lipinski definition) is 1. The first-order valence-corrected chi connectivity index (χ1v) is 3.29. The van der Waals surface area contributed by atoms with Crippen LogP contribution in [0.1, 0.15) is 13.8 Å². The molecule has 1 N–H and O–H groups in total. The van der Waals surface area contributed by atoms with Crippen molar-refractivity contribution in [2.24, 2.45) is 0 Å². The Balaban J connectivity index is 4.50. The third-order valence-electron chi connectivity index (χ3n) is 1.06. The highest BCUT2D eigenvalue weighted by atomic mass is 16.4. The molecule has 0 saturated heterocycles. The van der Waals surface area contributed by atoms with Gasteiger partial charge < -0.3 is 5.11 Å². The second-order valence-electron chi connectivity index (χ2n) is 2.38. The van der Waals surface area contributed by atoms with Crippen molar-refractivity contribution in [2.75, 3.05) is 0 Å². The quantitative estimate of drug-likeness (QED) is 0.497. The fourth-order valence-electron chi connectivity index (χ4n) is 0.483. The third-order valence-corrected chi connectivity index (χ3v) is 1.06. The Kier molecular flexibility index (Phi) is 3.96. The first-order chi connectivity index (χ1) is 5.07. The zero-order valence-corrected chi connectivity index (χ0v) is 6.79. The summed E-state index contributed by atoms with van der Waals surface area (Å²) < 4.78 is 0. The van der Waals surface area contributed by atoms with Gasteiger partial charge in [0.1, 0.15) is 0 Å². The van der Waals surface area contributed by atoms with Crippen molar-refractivity contribution in [1.82, 2.24) is 0 Å². The fraction of sp³-hybridized carbons (Fsp3) is 0.222. The molecule has 0 aliphatic carbocycles. The van der Waals surface area contributed by atoms with Gasteiger partial charge in [-0.05, 0) is 19.9 Å². The number of carboxylic acids is 1. The molecule has 0 radical (unpaired) electrons. The molecule has 0 spiro atoms. The number of carboxylic acid groups (broad SMARTS) is 1. The minimum atomic E-state index is -0.947. The normalized spacial score (nSPS) is 10.5. The second-order valence-corrected chi connectivity index (χ2v) is 2.38. The standard InChI is InChI=1S/C9H12O2/c1-4-8(9(10)11)6-5-7(2)3/h4-6H,1H2,2-3H3,(H,10,11)/b8-6+. The van der Waals surface area contributed by atoms with Crippen LogP contribution < -0.4 is 0 Å². The van der Waals surface area contributed by atoms with E-state index in [9.17, 15) is 4.79 Å². The van der Waals surface area contributed by atoms with Crippen LogP contribution in [0, 0.1) is 0 Å². The van der Waals surface area contributed by atoms with E-state index in [2.05, 4.69) is 6.58 Å². The minimum absolute atomic E-state index is 0.214. The predicted octanol–water partition coefficient (Wildman–Crippen LogP) is 2.15. The molecule has 0 atom stereocenters. The van der Waals surface area contributed by atoms with Gasteiger partial charge in [-0.25, -0.2) is 4.79 Å². The molecular weight excluding hydrogens is 140 g/mol. The molecule has 0 rings (SSSR count). The van der Waals surface area contributed by atoms with E-state index in [1.54, 1.807) is 6.08 Å². The molecule has 0 aromatic carbocycles. The highest BCUT2D eigenvalue weighted by Crippen LogP contribution is 1.98. The van der Waals surface area contributed by atoms with E-state index in [1.807, 2.05) is 13.8 Å². The number of aliphatic carboxylic acids is 1. The van der Waals surface area contributed by atoms with E-state index < -0.39 is 5.97 Å². The highest BCUT2D eigenvalue weighted by molar-refractivity contribution is 5.89. The number of hydrogen-bond donors (Lipinski definition) is 1. The van der Waals surface area contributed by atoms with Crippen molar-refractivity contribution < 1.29 is 9.90 Å². The summed E-state index contributed by atoms with van der Waals surface area (Å²) in [6, 6.07) is 0. The summed E-state index contributed by atoms with van der Waals surface area (Å²) in [5.41, 5.74) is 1.27. The molecule has 2 nitrogen and oxygen atoms in total. The first-order valence-electron chi connectivity index (χ1n) is 3.29. The summed E-state index contributed by atoms with van der Waals surface area (Å²) in [6.45, 7) is 7.19. The SMILES string of the molecule is C=C/C(=C\C=C(C)C)C(=O)O. The summed E-state index contributed by atoms with van der Waals surface area (Å²) in [5.74, 6) is -0.947. The van der Waals surface area contributed by atoms with Crippen LogP contribution in [0.2, 0.25) is 0 Å². The maximum Gasteiger partial charge on any atom is 0.335 e. The van der Waals surface area contributed by atoms with Crippen molar-refractivity contribution in [3.05, 3.63) is 36.0 Å². The predicted molar refractivity (Wildman–Crippen MR) is 45.3 cm³/mol. The molecule has 0 saturated carbocycles. The number of rotatable bonds is 3. The highest BCUT2D eigenvalue weighted by Gasteiger charge is 1.98. The van der Waals surface area contributed by atoms with E-state index in [1.165, 1.54) is 12.2 Å². The van der Waals surface area contributed by atoms with Gasteiger partial charge in [0.25, 0.3) is 0 Å². The Labute approximate surface area is 66.5 Å². The third kappa shape index (κ3) is 4.14. The average molecular weight is 152 g/mol. The van der Waals surface area contributed by atoms with Gasteiger partial charge in [0.05, 0.1) is 5.57 Å². The summed E-state index contributed by atoms with van der Waals surface area (Å²) >= 11 is 0. The average Bonchev–Trinajstić information content (AvgIpc) is 1.87. The molecule has 0 unspecified atom stereocenters. The molecular formula is C9H12O2. The minimum Gasteiger partial charge on any atom is -0.478 e. The molecule has 0 amide bonds. The topological polar surface area (TPSA) is 37.3 Å². The van der Waals surface area contributed by atoms with Crippen LogP contribution in [0.4, 0.5) is 0 Å². The lowest BCUT2D eigenvalue weighted by Crippen LogP contribution is -1.96. The monoisotopic (exact) mass is 152 g/mol. The van der Waals surface area contributed by atoms with Gasteiger partial charge in [-0.15, -0.1) is 0 Å². The summed E-state index contributed by atoms with van der Waals surface area (Å²) in [5, 5.41) is 8.52. The van der Waals surface area contributed by atoms with Gasteiger partial charge in [0.2, 0.25) is 0 Å². The van der Waals surface area contributed by atoms with Crippen LogP contribution >= 0.6 is 0 Å². The fourth-order valence-corrected chi connectivity index (χ4v) is 0.483. The van der Waals surface area contributed by atoms with Crippen LogP contribution in [0.25, 0.3) is 0 Å². The van der Waals surface area contributed by atoms with Crippen LogP contribution in [0.15, 0.2) is 36.0 Å². The maximum absolute atomic E-state index is 10.4. The van der Waals surface area contributed by atoms with Crippen LogP contribution in [0.3, 0.4) is 0 Å². The Morgan fingerprint density at radius 3 is 2.18 bits per heavy atom. The van der Waals surface area contributed by atoms with E-state index in [0.29, 0.717) is 0 Å². The molecule has 2 heteroatoms. The lowest BCUT2D eigenvalue weighted by molar-refractivity contribution is -0.132. The summed E-state index contributed by atoms with van der Waals surface area (Å²) in [6.07, 6.45) is 4.59. The van der Waals surface area contributed by atoms with E-state index in [-0.39, 0.29) is 5.57 Å². The maximum atomic E-state index is 10.4. The molecule has 0 aromatic rings. The number of allylic oxidation sites excluding steroid dienone is 3.